The van der Waals surface area contributed by atoms with Gasteiger partial charge in [-0.15, -0.1) is 0 Å². The number of ketones is 1. The fourth-order valence-corrected chi connectivity index (χ4v) is 2.24. The van der Waals surface area contributed by atoms with Crippen LogP contribution < -0.4 is 5.32 Å². The second kappa shape index (κ2) is 6.11. The third-order valence-corrected chi connectivity index (χ3v) is 3.43. The number of nitrogens with zero attached hydrogens (tertiary/aromatic N) is 1. The summed E-state index contributed by atoms with van der Waals surface area (Å²) in [6.07, 6.45) is 0. The SMILES string of the molecule is CC(=O)Nc1ccc(C(=O)CS(=O)(=O)CC#N)cc1. The Hall–Kier alpha value is -2.20. The van der Waals surface area contributed by atoms with Crippen LogP contribution in [0, 0.1) is 11.3 Å². The molecule has 0 unspecified atom stereocenters. The van der Waals surface area contributed by atoms with Crippen LogP contribution in [-0.2, 0) is 14.6 Å². The van der Waals surface area contributed by atoms with E-state index in [9.17, 15) is 18.0 Å². The minimum absolute atomic E-state index is 0.218. The molecule has 0 bridgehead atoms. The monoisotopic (exact) mass is 280 g/mol. The Morgan fingerprint density at radius 1 is 1.26 bits per heavy atom. The Morgan fingerprint density at radius 3 is 2.32 bits per heavy atom. The summed E-state index contributed by atoms with van der Waals surface area (Å²) in [6.45, 7) is 1.35. The van der Waals surface area contributed by atoms with E-state index >= 15 is 0 Å². The van der Waals surface area contributed by atoms with Gasteiger partial charge in [0.05, 0.1) is 6.07 Å². The summed E-state index contributed by atoms with van der Waals surface area (Å²) in [6, 6.07) is 7.37. The molecule has 0 aromatic heterocycles. The number of amides is 1. The molecule has 0 aliphatic heterocycles. The van der Waals surface area contributed by atoms with E-state index in [4.69, 9.17) is 5.26 Å². The van der Waals surface area contributed by atoms with Crippen LogP contribution in [0.2, 0.25) is 0 Å². The number of carbonyl (C=O) groups excluding carboxylic acids is 2. The van der Waals surface area contributed by atoms with Crippen molar-refractivity contribution >= 4 is 27.2 Å². The largest absolute Gasteiger partial charge is 0.326 e. The van der Waals surface area contributed by atoms with Crippen LogP contribution in [0.15, 0.2) is 24.3 Å². The van der Waals surface area contributed by atoms with E-state index in [-0.39, 0.29) is 11.5 Å². The summed E-state index contributed by atoms with van der Waals surface area (Å²) in [5, 5.41) is 10.9. The molecule has 100 valence electrons. The third kappa shape index (κ3) is 4.89. The molecular weight excluding hydrogens is 268 g/mol. The predicted octanol–water partition coefficient (Wildman–Crippen LogP) is 0.766. The van der Waals surface area contributed by atoms with Gasteiger partial charge in [0.25, 0.3) is 0 Å². The number of Topliss-reactive ketones (excluding diaryl/α,β-unsaturated/α-hetero) is 1. The van der Waals surface area contributed by atoms with Crippen molar-refractivity contribution in [2.24, 2.45) is 0 Å². The fraction of sp³-hybridized carbons (Fsp3) is 0.250. The second-order valence-corrected chi connectivity index (χ2v) is 5.94. The van der Waals surface area contributed by atoms with Crippen molar-refractivity contribution in [2.75, 3.05) is 16.8 Å². The van der Waals surface area contributed by atoms with Gasteiger partial charge in [-0.3, -0.25) is 9.59 Å². The number of benzene rings is 1. The van der Waals surface area contributed by atoms with Crippen molar-refractivity contribution < 1.29 is 18.0 Å². The van der Waals surface area contributed by atoms with Gasteiger partial charge in [-0.1, -0.05) is 0 Å². The van der Waals surface area contributed by atoms with E-state index in [2.05, 4.69) is 5.32 Å². The number of hydrogen-bond donors (Lipinski definition) is 1. The molecule has 0 radical (unpaired) electrons. The zero-order valence-corrected chi connectivity index (χ0v) is 11.0. The minimum atomic E-state index is -3.69. The fourth-order valence-electron chi connectivity index (χ4n) is 1.38. The van der Waals surface area contributed by atoms with Gasteiger partial charge in [-0.25, -0.2) is 8.42 Å². The molecular formula is C12H12N2O4S. The van der Waals surface area contributed by atoms with Crippen LogP contribution in [0.5, 0.6) is 0 Å². The predicted molar refractivity (Wildman–Crippen MR) is 69.3 cm³/mol. The van der Waals surface area contributed by atoms with Crippen molar-refractivity contribution in [1.82, 2.24) is 0 Å². The Labute approximate surface area is 111 Å². The Balaban J connectivity index is 2.79. The maximum atomic E-state index is 11.7. The first kappa shape index (κ1) is 14.9. The molecule has 0 atom stereocenters. The van der Waals surface area contributed by atoms with Crippen LogP contribution in [0.3, 0.4) is 0 Å². The number of nitriles is 1. The molecule has 7 heteroatoms. The molecule has 1 aromatic carbocycles. The smallest absolute Gasteiger partial charge is 0.221 e. The van der Waals surface area contributed by atoms with Crippen molar-refractivity contribution in [3.8, 4) is 6.07 Å². The summed E-state index contributed by atoms with van der Waals surface area (Å²) in [4.78, 5) is 22.5. The van der Waals surface area contributed by atoms with Gasteiger partial charge in [-0.2, -0.15) is 5.26 Å². The lowest BCUT2D eigenvalue weighted by Crippen LogP contribution is -2.18. The van der Waals surface area contributed by atoms with Gasteiger partial charge in [0.15, 0.2) is 15.6 Å². The molecule has 1 amide bonds. The zero-order valence-electron chi connectivity index (χ0n) is 10.2. The van der Waals surface area contributed by atoms with E-state index in [1.165, 1.54) is 37.3 Å². The van der Waals surface area contributed by atoms with Crippen molar-refractivity contribution in [3.63, 3.8) is 0 Å². The lowest BCUT2D eigenvalue weighted by atomic mass is 10.1. The standard InChI is InChI=1S/C12H12N2O4S/c1-9(15)14-11-4-2-10(3-5-11)12(16)8-19(17,18)7-6-13/h2-5H,7-8H2,1H3,(H,14,15). The normalized spacial score (nSPS) is 10.5. The summed E-state index contributed by atoms with van der Waals surface area (Å²) in [5.74, 6) is -2.19. The maximum absolute atomic E-state index is 11.7. The Kier molecular flexibility index (Phi) is 4.78. The molecule has 0 aliphatic rings. The van der Waals surface area contributed by atoms with Crippen molar-refractivity contribution in [2.45, 2.75) is 6.92 Å². The molecule has 0 aliphatic carbocycles. The van der Waals surface area contributed by atoms with Crippen molar-refractivity contribution in [3.05, 3.63) is 29.8 Å². The topological polar surface area (TPSA) is 104 Å². The highest BCUT2D eigenvalue weighted by atomic mass is 32.2. The third-order valence-electron chi connectivity index (χ3n) is 2.16. The Bertz CT molecular complexity index is 627. The molecule has 6 nitrogen and oxygen atoms in total. The number of sulfone groups is 1. The number of rotatable bonds is 5. The first-order valence-corrected chi connectivity index (χ1v) is 7.14. The van der Waals surface area contributed by atoms with Crippen LogP contribution in [-0.4, -0.2) is 31.6 Å². The first-order chi connectivity index (χ1) is 8.84. The first-order valence-electron chi connectivity index (χ1n) is 5.32. The second-order valence-electron chi connectivity index (χ2n) is 3.87. The number of nitrogens with one attached hydrogen (secondary N) is 1. The maximum Gasteiger partial charge on any atom is 0.221 e. The van der Waals surface area contributed by atoms with E-state index in [0.29, 0.717) is 5.69 Å². The van der Waals surface area contributed by atoms with E-state index < -0.39 is 27.1 Å². The molecule has 0 spiro atoms. The summed E-state index contributed by atoms with van der Waals surface area (Å²) >= 11 is 0. The quantitative estimate of drug-likeness (QED) is 0.802. The van der Waals surface area contributed by atoms with E-state index in [1.807, 2.05) is 0 Å². The molecule has 0 saturated heterocycles. The molecule has 1 N–H and O–H groups in total. The molecule has 1 aromatic rings. The highest BCUT2D eigenvalue weighted by Crippen LogP contribution is 2.11. The van der Waals surface area contributed by atoms with Gasteiger partial charge < -0.3 is 5.32 Å². The summed E-state index contributed by atoms with van der Waals surface area (Å²) in [5.41, 5.74) is 0.736. The van der Waals surface area contributed by atoms with Gasteiger partial charge in [0.2, 0.25) is 5.91 Å². The van der Waals surface area contributed by atoms with E-state index in [1.54, 1.807) is 0 Å². The van der Waals surface area contributed by atoms with Gasteiger partial charge in [0, 0.05) is 18.2 Å². The van der Waals surface area contributed by atoms with Crippen LogP contribution in [0.25, 0.3) is 0 Å². The van der Waals surface area contributed by atoms with Gasteiger partial charge in [-0.05, 0) is 24.3 Å². The average Bonchev–Trinajstić information content (AvgIpc) is 2.28. The van der Waals surface area contributed by atoms with E-state index in [0.717, 1.165) is 0 Å². The molecule has 19 heavy (non-hydrogen) atoms. The molecule has 1 rings (SSSR count). The zero-order chi connectivity index (χ0) is 14.5. The summed E-state index contributed by atoms with van der Waals surface area (Å²) in [7, 11) is -3.69. The minimum Gasteiger partial charge on any atom is -0.326 e. The van der Waals surface area contributed by atoms with Crippen LogP contribution >= 0.6 is 0 Å². The van der Waals surface area contributed by atoms with Crippen LogP contribution in [0.4, 0.5) is 5.69 Å². The van der Waals surface area contributed by atoms with Gasteiger partial charge in [0.1, 0.15) is 11.5 Å². The molecule has 0 saturated carbocycles. The lowest BCUT2D eigenvalue weighted by Gasteiger charge is -2.04. The Morgan fingerprint density at radius 2 is 1.84 bits per heavy atom. The summed E-state index contributed by atoms with van der Waals surface area (Å²) < 4.78 is 22.7. The number of carbonyl (C=O) groups is 2. The molecule has 0 fully saturated rings. The average molecular weight is 280 g/mol. The molecule has 0 heterocycles. The highest BCUT2D eigenvalue weighted by molar-refractivity contribution is 7.92. The van der Waals surface area contributed by atoms with Gasteiger partial charge >= 0.3 is 0 Å². The van der Waals surface area contributed by atoms with Crippen molar-refractivity contribution in [1.29, 1.82) is 5.26 Å². The number of anilines is 1. The number of hydrogen-bond acceptors (Lipinski definition) is 5. The van der Waals surface area contributed by atoms with Crippen LogP contribution in [0.1, 0.15) is 17.3 Å². The lowest BCUT2D eigenvalue weighted by molar-refractivity contribution is -0.114. The highest BCUT2D eigenvalue weighted by Gasteiger charge is 2.17.